The fraction of sp³-hybridized carbons (Fsp3) is 0.500. The Balaban J connectivity index is 1.73. The maximum atomic E-state index is 3.66. The zero-order chi connectivity index (χ0) is 16.9. The molecule has 1 aromatic heterocycles. The lowest BCUT2D eigenvalue weighted by Gasteiger charge is -2.26. The third kappa shape index (κ3) is 2.59. The maximum absolute atomic E-state index is 3.66. The summed E-state index contributed by atoms with van der Waals surface area (Å²) in [5, 5.41) is 6.77. The number of likely N-dealkylation sites (N-methyl/N-ethyl adjacent to an activating group) is 1. The second-order valence-electron chi connectivity index (χ2n) is 8.10. The zero-order valence-electron chi connectivity index (χ0n) is 15.2. The molecule has 1 aromatic carbocycles. The molecule has 3 N–H and O–H groups in total. The Labute approximate surface area is 144 Å². The number of allylic oxidation sites excluding steroid dienone is 1. The van der Waals surface area contributed by atoms with Crippen LogP contribution in [0.15, 0.2) is 35.5 Å². The molecule has 4 rings (SSSR count). The highest BCUT2D eigenvalue weighted by Gasteiger charge is 2.36. The van der Waals surface area contributed by atoms with Crippen molar-refractivity contribution >= 4 is 16.6 Å². The molecule has 2 aliphatic rings. The molecule has 1 aliphatic carbocycles. The molecular formula is C20H28N4. The molecule has 1 unspecified atom stereocenters. The molecule has 0 saturated carbocycles. The summed E-state index contributed by atoms with van der Waals surface area (Å²) in [4.78, 5) is 3.66. The van der Waals surface area contributed by atoms with Crippen molar-refractivity contribution in [1.82, 2.24) is 15.4 Å². The number of hydrogen-bond donors (Lipinski definition) is 3. The number of hydrazine groups is 1. The number of hydrogen-bond acceptors (Lipinski definition) is 3. The second kappa shape index (κ2) is 5.55. The quantitative estimate of drug-likeness (QED) is 0.759. The first kappa shape index (κ1) is 15.6. The first-order chi connectivity index (χ1) is 11.5. The van der Waals surface area contributed by atoms with Gasteiger partial charge in [0, 0.05) is 36.7 Å². The van der Waals surface area contributed by atoms with Gasteiger partial charge < -0.3 is 15.7 Å². The van der Waals surface area contributed by atoms with Crippen LogP contribution in [0.1, 0.15) is 51.3 Å². The van der Waals surface area contributed by atoms with E-state index in [4.69, 9.17) is 0 Å². The van der Waals surface area contributed by atoms with Gasteiger partial charge in [-0.2, -0.15) is 0 Å². The lowest BCUT2D eigenvalue weighted by Crippen LogP contribution is -2.31. The summed E-state index contributed by atoms with van der Waals surface area (Å²) in [5.74, 6) is 0. The van der Waals surface area contributed by atoms with Crippen LogP contribution in [0.5, 0.6) is 0 Å². The molecule has 4 nitrogen and oxygen atoms in total. The predicted molar refractivity (Wildman–Crippen MR) is 101 cm³/mol. The van der Waals surface area contributed by atoms with Gasteiger partial charge in [0.25, 0.3) is 0 Å². The largest absolute Gasteiger partial charge is 0.388 e. The van der Waals surface area contributed by atoms with E-state index in [1.54, 1.807) is 5.57 Å². The van der Waals surface area contributed by atoms with Crippen molar-refractivity contribution < 1.29 is 0 Å². The van der Waals surface area contributed by atoms with Crippen molar-refractivity contribution in [3.63, 3.8) is 0 Å². The predicted octanol–water partition coefficient (Wildman–Crippen LogP) is 4.56. The monoisotopic (exact) mass is 324 g/mol. The Morgan fingerprint density at radius 1 is 1.25 bits per heavy atom. The molecular weight excluding hydrogens is 296 g/mol. The number of rotatable bonds is 2. The normalized spacial score (nSPS) is 23.9. The minimum Gasteiger partial charge on any atom is -0.388 e. The molecule has 0 bridgehead atoms. The van der Waals surface area contributed by atoms with Crippen LogP contribution in [-0.2, 0) is 0 Å². The second-order valence-corrected chi connectivity index (χ2v) is 8.10. The van der Waals surface area contributed by atoms with Gasteiger partial charge >= 0.3 is 0 Å². The Hall–Kier alpha value is -1.94. The van der Waals surface area contributed by atoms with Crippen LogP contribution in [0.3, 0.4) is 0 Å². The summed E-state index contributed by atoms with van der Waals surface area (Å²) in [6, 6.07) is 9.14. The molecule has 0 fully saturated rings. The molecule has 24 heavy (non-hydrogen) atoms. The van der Waals surface area contributed by atoms with Crippen LogP contribution in [0.2, 0.25) is 0 Å². The van der Waals surface area contributed by atoms with Crippen LogP contribution in [0.25, 0.3) is 10.9 Å². The third-order valence-electron chi connectivity index (χ3n) is 5.60. The fourth-order valence-corrected chi connectivity index (χ4v) is 4.36. The molecule has 0 amide bonds. The lowest BCUT2D eigenvalue weighted by molar-refractivity contribution is 0.221. The number of aromatic amines is 1. The van der Waals surface area contributed by atoms with Crippen molar-refractivity contribution in [2.45, 2.75) is 45.6 Å². The average Bonchev–Trinajstić information content (AvgIpc) is 3.02. The van der Waals surface area contributed by atoms with Gasteiger partial charge in [0.05, 0.1) is 6.04 Å². The molecule has 128 valence electrons. The summed E-state index contributed by atoms with van der Waals surface area (Å²) < 4.78 is 0. The lowest BCUT2D eigenvalue weighted by atomic mass is 9.85. The number of nitrogens with zero attached hydrogens (tertiary/aromatic N) is 1. The number of fused-ring (bicyclic) bond motifs is 1. The van der Waals surface area contributed by atoms with Gasteiger partial charge in [0.2, 0.25) is 0 Å². The Kier molecular flexibility index (Phi) is 3.61. The molecule has 0 saturated heterocycles. The van der Waals surface area contributed by atoms with Gasteiger partial charge in [0.1, 0.15) is 0 Å². The van der Waals surface area contributed by atoms with E-state index in [9.17, 15) is 0 Å². The standard InChI is InChI=1S/C20H28N4/c1-20(2)9-5-6-15-18(12-20)23-24(4)19(15)17-10-13-7-8-14(21-3)11-16(13)22-17/h7-8,10-11,19,21-23H,5-6,9,12H2,1-4H3. The Bertz CT molecular complexity index is 799. The summed E-state index contributed by atoms with van der Waals surface area (Å²) in [7, 11) is 4.13. The van der Waals surface area contributed by atoms with E-state index in [1.807, 2.05) is 7.05 Å². The first-order valence-electron chi connectivity index (χ1n) is 8.99. The summed E-state index contributed by atoms with van der Waals surface area (Å²) in [6.07, 6.45) is 4.92. The van der Waals surface area contributed by atoms with Crippen LogP contribution >= 0.6 is 0 Å². The van der Waals surface area contributed by atoms with Crippen LogP contribution < -0.4 is 10.7 Å². The SMILES string of the molecule is CNc1ccc2cc(C3C4=C(CC(C)(C)CCC4)NN3C)[nH]c2c1. The smallest absolute Gasteiger partial charge is 0.0916 e. The van der Waals surface area contributed by atoms with E-state index in [0.29, 0.717) is 11.5 Å². The number of benzene rings is 1. The van der Waals surface area contributed by atoms with E-state index in [1.165, 1.54) is 41.6 Å². The Morgan fingerprint density at radius 3 is 2.88 bits per heavy atom. The van der Waals surface area contributed by atoms with Crippen molar-refractivity contribution in [3.05, 3.63) is 41.2 Å². The van der Waals surface area contributed by atoms with Gasteiger partial charge in [-0.25, -0.2) is 5.01 Å². The van der Waals surface area contributed by atoms with Gasteiger partial charge in [-0.15, -0.1) is 0 Å². The molecule has 2 heterocycles. The molecule has 4 heteroatoms. The van der Waals surface area contributed by atoms with E-state index < -0.39 is 0 Å². The van der Waals surface area contributed by atoms with Gasteiger partial charge in [-0.1, -0.05) is 19.9 Å². The highest BCUT2D eigenvalue weighted by molar-refractivity contribution is 5.84. The number of aromatic nitrogens is 1. The van der Waals surface area contributed by atoms with E-state index in [0.717, 1.165) is 12.1 Å². The average molecular weight is 324 g/mol. The molecule has 1 atom stereocenters. The minimum absolute atomic E-state index is 0.319. The van der Waals surface area contributed by atoms with Crippen molar-refractivity contribution in [2.75, 3.05) is 19.4 Å². The minimum atomic E-state index is 0.319. The van der Waals surface area contributed by atoms with Crippen molar-refractivity contribution in [1.29, 1.82) is 0 Å². The summed E-state index contributed by atoms with van der Waals surface area (Å²) >= 11 is 0. The molecule has 2 aromatic rings. The fourth-order valence-electron chi connectivity index (χ4n) is 4.36. The summed E-state index contributed by atoms with van der Waals surface area (Å²) in [5.41, 5.74) is 10.7. The van der Waals surface area contributed by atoms with E-state index in [2.05, 4.69) is 65.9 Å². The van der Waals surface area contributed by atoms with E-state index >= 15 is 0 Å². The van der Waals surface area contributed by atoms with E-state index in [-0.39, 0.29) is 0 Å². The van der Waals surface area contributed by atoms with Crippen molar-refractivity contribution in [3.8, 4) is 0 Å². The first-order valence-corrected chi connectivity index (χ1v) is 8.99. The van der Waals surface area contributed by atoms with Gasteiger partial charge in [0.15, 0.2) is 0 Å². The van der Waals surface area contributed by atoms with Gasteiger partial charge in [-0.3, -0.25) is 0 Å². The highest BCUT2D eigenvalue weighted by Crippen LogP contribution is 2.44. The molecule has 1 aliphatic heterocycles. The highest BCUT2D eigenvalue weighted by atomic mass is 15.5. The van der Waals surface area contributed by atoms with Gasteiger partial charge in [-0.05, 0) is 60.3 Å². The van der Waals surface area contributed by atoms with Crippen molar-refractivity contribution in [2.24, 2.45) is 5.41 Å². The number of nitrogens with one attached hydrogen (secondary N) is 3. The molecule has 0 radical (unpaired) electrons. The summed E-state index contributed by atoms with van der Waals surface area (Å²) in [6.45, 7) is 4.78. The molecule has 0 spiro atoms. The third-order valence-corrected chi connectivity index (χ3v) is 5.60. The number of H-pyrrole nitrogens is 1. The Morgan fingerprint density at radius 2 is 2.08 bits per heavy atom. The topological polar surface area (TPSA) is 43.1 Å². The van der Waals surface area contributed by atoms with Crippen LogP contribution in [-0.4, -0.2) is 24.1 Å². The zero-order valence-corrected chi connectivity index (χ0v) is 15.2. The maximum Gasteiger partial charge on any atom is 0.0916 e. The van der Waals surface area contributed by atoms with Crippen LogP contribution in [0, 0.1) is 5.41 Å². The number of anilines is 1. The van der Waals surface area contributed by atoms with Crippen LogP contribution in [0.4, 0.5) is 5.69 Å².